The summed E-state index contributed by atoms with van der Waals surface area (Å²) in [5.41, 5.74) is -0.154. The van der Waals surface area contributed by atoms with Crippen LogP contribution >= 0.6 is 0 Å². The minimum atomic E-state index is -3.27. The Kier molecular flexibility index (Phi) is 8.74. The summed E-state index contributed by atoms with van der Waals surface area (Å²) in [6, 6.07) is 0. The zero-order chi connectivity index (χ0) is 37.4. The highest BCUT2D eigenvalue weighted by Gasteiger charge is 2.84. The molecule has 5 aliphatic carbocycles. The molecule has 3 saturated heterocycles. The van der Waals surface area contributed by atoms with E-state index in [2.05, 4.69) is 48.5 Å². The number of likely N-dealkylation sites (tertiary alicyclic amines) is 1. The molecule has 0 unspecified atom stereocenters. The maximum atomic E-state index is 13.4. The van der Waals surface area contributed by atoms with Gasteiger partial charge >= 0.3 is 12.2 Å². The van der Waals surface area contributed by atoms with Crippen molar-refractivity contribution in [3.8, 4) is 0 Å². The van der Waals surface area contributed by atoms with E-state index in [0.29, 0.717) is 43.9 Å². The van der Waals surface area contributed by atoms with Gasteiger partial charge < -0.3 is 29.1 Å². The summed E-state index contributed by atoms with van der Waals surface area (Å²) in [6.45, 7) is 18.9. The molecule has 0 aromatic heterocycles. The highest BCUT2D eigenvalue weighted by atomic mass is 32.2. The van der Waals surface area contributed by atoms with Crippen molar-refractivity contribution in [1.82, 2.24) is 14.1 Å². The van der Waals surface area contributed by atoms with Gasteiger partial charge in [0.1, 0.15) is 12.2 Å². The Morgan fingerprint density at radius 3 is 2.12 bits per heavy atom. The van der Waals surface area contributed by atoms with Gasteiger partial charge in [-0.3, -0.25) is 0 Å². The Morgan fingerprint density at radius 1 is 0.865 bits per heavy atom. The number of ether oxygens (including phenoxy) is 3. The second-order valence-electron chi connectivity index (χ2n) is 20.0. The summed E-state index contributed by atoms with van der Waals surface area (Å²) in [5, 5.41) is 12.7. The molecule has 13 atom stereocenters. The molecule has 3 heterocycles. The van der Waals surface area contributed by atoms with Crippen LogP contribution in [0.5, 0.6) is 0 Å². The molecule has 1 N–H and O–H groups in total. The molecule has 8 fully saturated rings. The van der Waals surface area contributed by atoms with Crippen LogP contribution in [0.3, 0.4) is 0 Å². The summed E-state index contributed by atoms with van der Waals surface area (Å²) in [6.07, 6.45) is 8.36. The van der Waals surface area contributed by atoms with Crippen molar-refractivity contribution in [3.63, 3.8) is 0 Å². The van der Waals surface area contributed by atoms with Crippen LogP contribution in [-0.4, -0.2) is 116 Å². The number of aliphatic hydroxyl groups is 1. The number of piperazine rings is 1. The van der Waals surface area contributed by atoms with Gasteiger partial charge in [0.05, 0.1) is 24.6 Å². The minimum absolute atomic E-state index is 0.0565. The second kappa shape index (κ2) is 12.2. The molecule has 8 aliphatic rings. The molecule has 0 aromatic carbocycles. The summed E-state index contributed by atoms with van der Waals surface area (Å²) < 4.78 is 45.0. The SMILES string of the molecule is CC(C)[C@@H](OC(=O)N1CCC1)[C@H]1C[C@@H](C)[C@H]2[C@H](O1)[C@H](O)[C@@]1(C)[C@@H]3CC[C@H]4C(C)(C)[C@@H](OC(=O)N5CCN(S(C)(=O)=O)CC5)CC[C@@]45C[C@@]35CC[C@]21C. The van der Waals surface area contributed by atoms with E-state index in [9.17, 15) is 23.1 Å². The van der Waals surface area contributed by atoms with E-state index in [0.717, 1.165) is 58.0 Å². The zero-order valence-corrected chi connectivity index (χ0v) is 33.8. The molecule has 8 rings (SSSR count). The molecule has 294 valence electrons. The van der Waals surface area contributed by atoms with Crippen LogP contribution in [0.15, 0.2) is 0 Å². The standard InChI is InChI=1S/C40H65N3O8S/c1-24(2)31(51-35(46)41-16-9-17-41)26-22-25(3)30-32(49-26)33(44)38(7)28-11-10-27-36(4,5)29(12-13-39(27)23-40(28,39)15-14-37(30,38)6)50-34(45)42-18-20-43(21-19-42)52(8,47)48/h24-33,44H,9-23H2,1-8H3/t25-,26-,27+,28+,29+,30+,31-,32+,33+,37-,38-,39-,40+/m1/s1. The number of carbonyl (C=O) groups excluding carboxylic acids is 2. The molecule has 0 radical (unpaired) electrons. The third-order valence-corrected chi connectivity index (χ3v) is 18.7. The van der Waals surface area contributed by atoms with Gasteiger partial charge in [0, 0.05) is 50.1 Å². The lowest BCUT2D eigenvalue weighted by Crippen LogP contribution is -2.60. The van der Waals surface area contributed by atoms with Gasteiger partial charge in [-0.2, -0.15) is 4.31 Å². The van der Waals surface area contributed by atoms with Gasteiger partial charge in [0.25, 0.3) is 0 Å². The molecule has 2 amide bonds. The van der Waals surface area contributed by atoms with Gasteiger partial charge in [0.2, 0.25) is 10.0 Å². The fourth-order valence-corrected chi connectivity index (χ4v) is 15.3. The fraction of sp³-hybridized carbons (Fsp3) is 0.950. The third-order valence-electron chi connectivity index (χ3n) is 17.3. The quantitative estimate of drug-likeness (QED) is 0.377. The summed E-state index contributed by atoms with van der Waals surface area (Å²) in [4.78, 5) is 29.9. The van der Waals surface area contributed by atoms with Crippen LogP contribution in [0.1, 0.15) is 106 Å². The van der Waals surface area contributed by atoms with Crippen LogP contribution in [0, 0.1) is 56.7 Å². The van der Waals surface area contributed by atoms with Gasteiger partial charge in [-0.1, -0.05) is 48.5 Å². The lowest BCUT2D eigenvalue weighted by Gasteiger charge is -2.63. The number of amides is 2. The van der Waals surface area contributed by atoms with E-state index in [1.165, 1.54) is 23.4 Å². The molecule has 12 heteroatoms. The van der Waals surface area contributed by atoms with E-state index >= 15 is 0 Å². The molecule has 2 spiro atoms. The van der Waals surface area contributed by atoms with Crippen LogP contribution in [-0.2, 0) is 24.2 Å². The Hall–Kier alpha value is -1.63. The smallest absolute Gasteiger partial charge is 0.410 e. The minimum Gasteiger partial charge on any atom is -0.446 e. The topological polar surface area (TPSA) is 126 Å². The average Bonchev–Trinajstić information content (AvgIpc) is 3.68. The van der Waals surface area contributed by atoms with Crippen molar-refractivity contribution in [2.24, 2.45) is 56.7 Å². The number of aliphatic hydroxyl groups excluding tert-OH is 1. The predicted octanol–water partition coefficient (Wildman–Crippen LogP) is 5.75. The van der Waals surface area contributed by atoms with Crippen molar-refractivity contribution >= 4 is 22.2 Å². The van der Waals surface area contributed by atoms with E-state index < -0.39 is 16.1 Å². The molecular weight excluding hydrogens is 683 g/mol. The Bertz CT molecular complexity index is 1560. The summed E-state index contributed by atoms with van der Waals surface area (Å²) >= 11 is 0. The van der Waals surface area contributed by atoms with Crippen LogP contribution in [0.25, 0.3) is 0 Å². The van der Waals surface area contributed by atoms with Crippen molar-refractivity contribution in [3.05, 3.63) is 0 Å². The molecule has 11 nitrogen and oxygen atoms in total. The molecule has 0 bridgehead atoms. The maximum Gasteiger partial charge on any atom is 0.410 e. The Morgan fingerprint density at radius 2 is 1.50 bits per heavy atom. The molecule has 0 aromatic rings. The Balaban J connectivity index is 0.990. The number of rotatable bonds is 5. The van der Waals surface area contributed by atoms with Crippen LogP contribution < -0.4 is 0 Å². The Labute approximate surface area is 311 Å². The number of fused-ring (bicyclic) bond motifs is 4. The molecule has 52 heavy (non-hydrogen) atoms. The van der Waals surface area contributed by atoms with E-state index in [1.54, 1.807) is 9.80 Å². The monoisotopic (exact) mass is 747 g/mol. The van der Waals surface area contributed by atoms with E-state index in [-0.39, 0.29) is 75.5 Å². The van der Waals surface area contributed by atoms with Crippen molar-refractivity contribution < 1.29 is 37.3 Å². The predicted molar refractivity (Wildman–Crippen MR) is 196 cm³/mol. The number of hydrogen-bond acceptors (Lipinski definition) is 8. The van der Waals surface area contributed by atoms with Gasteiger partial charge in [-0.25, -0.2) is 18.0 Å². The lowest BCUT2D eigenvalue weighted by atomic mass is 9.41. The molecule has 5 saturated carbocycles. The second-order valence-corrected chi connectivity index (χ2v) is 22.0. The lowest BCUT2D eigenvalue weighted by molar-refractivity contribution is -0.185. The first-order valence-corrected chi connectivity index (χ1v) is 22.4. The number of hydrogen-bond donors (Lipinski definition) is 1. The number of nitrogens with zero attached hydrogens (tertiary/aromatic N) is 3. The van der Waals surface area contributed by atoms with Gasteiger partial charge in [-0.05, 0) is 104 Å². The van der Waals surface area contributed by atoms with E-state index in [4.69, 9.17) is 14.2 Å². The summed E-state index contributed by atoms with van der Waals surface area (Å²) in [5.74, 6) is 1.53. The molecule has 3 aliphatic heterocycles. The van der Waals surface area contributed by atoms with Crippen molar-refractivity contribution in [2.45, 2.75) is 137 Å². The van der Waals surface area contributed by atoms with Crippen LogP contribution in [0.2, 0.25) is 0 Å². The van der Waals surface area contributed by atoms with Crippen molar-refractivity contribution in [1.29, 1.82) is 0 Å². The fourth-order valence-electron chi connectivity index (χ4n) is 14.5. The van der Waals surface area contributed by atoms with Gasteiger partial charge in [0.15, 0.2) is 0 Å². The largest absolute Gasteiger partial charge is 0.446 e. The van der Waals surface area contributed by atoms with E-state index in [1.807, 2.05) is 0 Å². The zero-order valence-electron chi connectivity index (χ0n) is 32.9. The third kappa shape index (κ3) is 5.07. The number of sulfonamides is 1. The summed E-state index contributed by atoms with van der Waals surface area (Å²) in [7, 11) is -3.27. The number of carbonyl (C=O) groups is 2. The molecular formula is C40H65N3O8S. The highest BCUT2D eigenvalue weighted by Crippen LogP contribution is 2.89. The maximum absolute atomic E-state index is 13.4. The van der Waals surface area contributed by atoms with Gasteiger partial charge in [-0.15, -0.1) is 0 Å². The average molecular weight is 748 g/mol. The van der Waals surface area contributed by atoms with Crippen LogP contribution in [0.4, 0.5) is 9.59 Å². The first-order valence-electron chi connectivity index (χ1n) is 20.5. The normalized spacial score (nSPS) is 47.2. The highest BCUT2D eigenvalue weighted by molar-refractivity contribution is 7.88. The van der Waals surface area contributed by atoms with Crippen molar-refractivity contribution in [2.75, 3.05) is 45.5 Å². The first-order chi connectivity index (χ1) is 24.3. The first kappa shape index (κ1) is 37.3.